The van der Waals surface area contributed by atoms with Crippen LogP contribution < -0.4 is 0 Å². The molecule has 0 N–H and O–H groups in total. The minimum absolute atomic E-state index is 0.230. The van der Waals surface area contributed by atoms with Gasteiger partial charge < -0.3 is 4.74 Å². The highest BCUT2D eigenvalue weighted by molar-refractivity contribution is 7.89. The van der Waals surface area contributed by atoms with E-state index in [0.29, 0.717) is 18.0 Å². The Morgan fingerprint density at radius 2 is 1.91 bits per heavy atom. The molecule has 3 rings (SSSR count). The Labute approximate surface area is 132 Å². The highest BCUT2D eigenvalue weighted by Crippen LogP contribution is 2.41. The van der Waals surface area contributed by atoms with Crippen molar-refractivity contribution in [2.75, 3.05) is 13.2 Å². The van der Waals surface area contributed by atoms with Crippen molar-refractivity contribution in [3.8, 4) is 0 Å². The maximum Gasteiger partial charge on any atom is 0.243 e. The first-order chi connectivity index (χ1) is 10.5. The number of aryl methyl sites for hydroxylation is 1. The first kappa shape index (κ1) is 15.7. The van der Waals surface area contributed by atoms with Crippen LogP contribution in [0.3, 0.4) is 0 Å². The third-order valence-corrected chi connectivity index (χ3v) is 6.83. The molecule has 4 nitrogen and oxygen atoms in total. The van der Waals surface area contributed by atoms with Gasteiger partial charge in [-0.25, -0.2) is 8.42 Å². The van der Waals surface area contributed by atoms with E-state index in [-0.39, 0.29) is 11.6 Å². The molecule has 2 fully saturated rings. The van der Waals surface area contributed by atoms with E-state index in [0.717, 1.165) is 31.2 Å². The van der Waals surface area contributed by atoms with Gasteiger partial charge in [-0.05, 0) is 31.9 Å². The van der Waals surface area contributed by atoms with Crippen molar-refractivity contribution in [3.05, 3.63) is 42.5 Å². The fourth-order valence-electron chi connectivity index (χ4n) is 3.50. The lowest BCUT2D eigenvalue weighted by molar-refractivity contribution is -0.0549. The zero-order chi connectivity index (χ0) is 15.8. The Morgan fingerprint density at radius 3 is 2.50 bits per heavy atom. The van der Waals surface area contributed by atoms with Gasteiger partial charge in [-0.3, -0.25) is 0 Å². The zero-order valence-corrected chi connectivity index (χ0v) is 13.8. The summed E-state index contributed by atoms with van der Waals surface area (Å²) in [5.74, 6) is 0. The molecule has 2 aliphatic rings. The monoisotopic (exact) mass is 321 g/mol. The molecule has 1 aromatic carbocycles. The molecule has 120 valence electrons. The van der Waals surface area contributed by atoms with E-state index in [4.69, 9.17) is 4.74 Å². The maximum atomic E-state index is 13.2. The molecule has 22 heavy (non-hydrogen) atoms. The van der Waals surface area contributed by atoms with E-state index < -0.39 is 10.0 Å². The molecule has 5 heteroatoms. The van der Waals surface area contributed by atoms with Crippen molar-refractivity contribution in [1.29, 1.82) is 0 Å². The summed E-state index contributed by atoms with van der Waals surface area (Å²) < 4.78 is 33.8. The van der Waals surface area contributed by atoms with E-state index in [1.807, 2.05) is 19.1 Å². The molecule has 1 aromatic rings. The third-order valence-electron chi connectivity index (χ3n) is 4.85. The Morgan fingerprint density at radius 1 is 1.27 bits per heavy atom. The van der Waals surface area contributed by atoms with E-state index in [9.17, 15) is 8.42 Å². The summed E-state index contributed by atoms with van der Waals surface area (Å²) in [6.07, 6.45) is 5.33. The van der Waals surface area contributed by atoms with Crippen LogP contribution in [-0.4, -0.2) is 37.5 Å². The van der Waals surface area contributed by atoms with Gasteiger partial charge in [0.15, 0.2) is 0 Å². The molecule has 0 radical (unpaired) electrons. The Balaban J connectivity index is 2.00. The van der Waals surface area contributed by atoms with Crippen LogP contribution in [-0.2, 0) is 14.8 Å². The SMILES string of the molecule is C=C[C@H]1CN(S(=O)(=O)c2ccc(C)cc2)C2(CCCC2)CO1. The normalized spacial score (nSPS) is 25.4. The summed E-state index contributed by atoms with van der Waals surface area (Å²) in [4.78, 5) is 0.370. The van der Waals surface area contributed by atoms with E-state index >= 15 is 0 Å². The number of hydrogen-bond acceptors (Lipinski definition) is 3. The number of hydrogen-bond donors (Lipinski definition) is 0. The molecule has 0 bridgehead atoms. The van der Waals surface area contributed by atoms with Gasteiger partial charge in [0.05, 0.1) is 23.1 Å². The molecular formula is C17H23NO3S. The second kappa shape index (κ2) is 5.80. The number of nitrogens with zero attached hydrogens (tertiary/aromatic N) is 1. The predicted octanol–water partition coefficient (Wildman–Crippen LogP) is 2.88. The first-order valence-corrected chi connectivity index (χ1v) is 9.26. The van der Waals surface area contributed by atoms with Crippen molar-refractivity contribution in [2.24, 2.45) is 0 Å². The first-order valence-electron chi connectivity index (χ1n) is 7.82. The number of morpholine rings is 1. The minimum Gasteiger partial charge on any atom is -0.371 e. The Bertz CT molecular complexity index is 645. The number of rotatable bonds is 3. The van der Waals surface area contributed by atoms with Gasteiger partial charge in [0, 0.05) is 6.54 Å². The van der Waals surface area contributed by atoms with Gasteiger partial charge in [-0.15, -0.1) is 6.58 Å². The summed E-state index contributed by atoms with van der Waals surface area (Å²) in [6, 6.07) is 7.09. The van der Waals surface area contributed by atoms with E-state index in [1.54, 1.807) is 22.5 Å². The molecule has 0 unspecified atom stereocenters. The van der Waals surface area contributed by atoms with Crippen LogP contribution in [0.15, 0.2) is 41.8 Å². The number of benzene rings is 1. The Kier molecular flexibility index (Phi) is 4.14. The summed E-state index contributed by atoms with van der Waals surface area (Å²) in [6.45, 7) is 6.54. The molecule has 1 saturated carbocycles. The van der Waals surface area contributed by atoms with Gasteiger partial charge >= 0.3 is 0 Å². The van der Waals surface area contributed by atoms with Crippen molar-refractivity contribution in [3.63, 3.8) is 0 Å². The lowest BCUT2D eigenvalue weighted by Gasteiger charge is -2.45. The molecule has 0 aromatic heterocycles. The standard InChI is InChI=1S/C17H23NO3S/c1-3-15-12-18(17(13-21-15)10-4-5-11-17)22(19,20)16-8-6-14(2)7-9-16/h3,6-9,15H,1,4-5,10-13H2,2H3/t15-/m0/s1. The van der Waals surface area contributed by atoms with Gasteiger partial charge in [0.2, 0.25) is 10.0 Å². The molecule has 1 aliphatic carbocycles. The van der Waals surface area contributed by atoms with Crippen LogP contribution >= 0.6 is 0 Å². The molecule has 1 heterocycles. The maximum absolute atomic E-state index is 13.2. The molecule has 0 amide bonds. The van der Waals surface area contributed by atoms with Crippen LogP contribution in [0.2, 0.25) is 0 Å². The van der Waals surface area contributed by atoms with Crippen molar-refractivity contribution in [1.82, 2.24) is 4.31 Å². The lowest BCUT2D eigenvalue weighted by Crippen LogP contribution is -2.59. The van der Waals surface area contributed by atoms with E-state index in [1.165, 1.54) is 0 Å². The number of sulfonamides is 1. The fourth-order valence-corrected chi connectivity index (χ4v) is 5.33. The molecule has 1 aliphatic heterocycles. The zero-order valence-electron chi connectivity index (χ0n) is 13.0. The van der Waals surface area contributed by atoms with Crippen LogP contribution in [0, 0.1) is 6.92 Å². The van der Waals surface area contributed by atoms with Gasteiger partial charge in [-0.1, -0.05) is 36.6 Å². The van der Waals surface area contributed by atoms with Crippen molar-refractivity contribution < 1.29 is 13.2 Å². The highest BCUT2D eigenvalue weighted by Gasteiger charge is 2.49. The quantitative estimate of drug-likeness (QED) is 0.804. The highest BCUT2D eigenvalue weighted by atomic mass is 32.2. The second-order valence-electron chi connectivity index (χ2n) is 6.37. The van der Waals surface area contributed by atoms with Gasteiger partial charge in [-0.2, -0.15) is 4.31 Å². The molecule has 1 atom stereocenters. The molecule has 1 saturated heterocycles. The van der Waals surface area contributed by atoms with Crippen molar-refractivity contribution in [2.45, 2.75) is 49.1 Å². The number of ether oxygens (including phenoxy) is 1. The fraction of sp³-hybridized carbons (Fsp3) is 0.529. The minimum atomic E-state index is -3.51. The smallest absolute Gasteiger partial charge is 0.243 e. The molecule has 1 spiro atoms. The summed E-state index contributed by atoms with van der Waals surface area (Å²) in [5.41, 5.74) is 0.684. The van der Waals surface area contributed by atoms with Gasteiger partial charge in [0.1, 0.15) is 0 Å². The Hall–Kier alpha value is -1.17. The van der Waals surface area contributed by atoms with Crippen molar-refractivity contribution >= 4 is 10.0 Å². The van der Waals surface area contributed by atoms with Crippen LogP contribution in [0.5, 0.6) is 0 Å². The summed E-state index contributed by atoms with van der Waals surface area (Å²) >= 11 is 0. The van der Waals surface area contributed by atoms with E-state index in [2.05, 4.69) is 6.58 Å². The van der Waals surface area contributed by atoms with Crippen LogP contribution in [0.4, 0.5) is 0 Å². The van der Waals surface area contributed by atoms with Crippen LogP contribution in [0.25, 0.3) is 0 Å². The summed E-state index contributed by atoms with van der Waals surface area (Å²) in [5, 5.41) is 0. The predicted molar refractivity (Wildman–Crippen MR) is 86.2 cm³/mol. The largest absolute Gasteiger partial charge is 0.371 e. The topological polar surface area (TPSA) is 46.6 Å². The average molecular weight is 321 g/mol. The third kappa shape index (κ3) is 2.62. The average Bonchev–Trinajstić information content (AvgIpc) is 2.97. The lowest BCUT2D eigenvalue weighted by atomic mass is 9.96. The summed E-state index contributed by atoms with van der Waals surface area (Å²) in [7, 11) is -3.51. The van der Waals surface area contributed by atoms with Crippen LogP contribution in [0.1, 0.15) is 31.2 Å². The second-order valence-corrected chi connectivity index (χ2v) is 8.23. The van der Waals surface area contributed by atoms with Gasteiger partial charge in [0.25, 0.3) is 0 Å². The molecular weight excluding hydrogens is 298 g/mol.